The maximum Gasteiger partial charge on any atom is 0.287 e. The zero-order valence-electron chi connectivity index (χ0n) is 10.5. The van der Waals surface area contributed by atoms with E-state index in [-0.39, 0.29) is 17.4 Å². The second-order valence-corrected chi connectivity index (χ2v) is 5.38. The monoisotopic (exact) mass is 236 g/mol. The van der Waals surface area contributed by atoms with Crippen molar-refractivity contribution < 1.29 is 9.21 Å². The molecule has 1 fully saturated rings. The van der Waals surface area contributed by atoms with Crippen LogP contribution in [0.1, 0.15) is 49.4 Å². The molecule has 4 heteroatoms. The normalized spacial score (nSPS) is 22.6. The van der Waals surface area contributed by atoms with Crippen molar-refractivity contribution in [3.8, 4) is 0 Å². The van der Waals surface area contributed by atoms with Crippen LogP contribution >= 0.6 is 0 Å². The topological polar surface area (TPSA) is 68.3 Å². The molecule has 0 spiro atoms. The predicted octanol–water partition coefficient (Wildman–Crippen LogP) is 2.05. The molecular formula is C13H20N2O2. The van der Waals surface area contributed by atoms with Crippen molar-refractivity contribution in [1.29, 1.82) is 0 Å². The molecule has 1 aliphatic rings. The summed E-state index contributed by atoms with van der Waals surface area (Å²) in [5, 5.41) is 3.05. The summed E-state index contributed by atoms with van der Waals surface area (Å²) in [6.07, 6.45) is 3.37. The number of rotatable bonds is 3. The van der Waals surface area contributed by atoms with Gasteiger partial charge in [-0.3, -0.25) is 4.79 Å². The standard InChI is InChI=1S/C13H20N2O2/c1-13(2)7-3-4-11(13)15-12(16)10-6-5-9(8-14)17-10/h5-6,11H,3-4,7-8,14H2,1-2H3,(H,15,16). The van der Waals surface area contributed by atoms with E-state index in [0.29, 0.717) is 18.1 Å². The number of nitrogens with one attached hydrogen (secondary N) is 1. The molecule has 1 atom stereocenters. The van der Waals surface area contributed by atoms with E-state index in [2.05, 4.69) is 19.2 Å². The maximum absolute atomic E-state index is 12.0. The van der Waals surface area contributed by atoms with E-state index in [0.717, 1.165) is 12.8 Å². The van der Waals surface area contributed by atoms with Gasteiger partial charge in [-0.05, 0) is 30.4 Å². The fourth-order valence-corrected chi connectivity index (χ4v) is 2.43. The van der Waals surface area contributed by atoms with Crippen LogP contribution in [-0.2, 0) is 6.54 Å². The van der Waals surface area contributed by atoms with Gasteiger partial charge in [-0.2, -0.15) is 0 Å². The minimum Gasteiger partial charge on any atom is -0.455 e. The summed E-state index contributed by atoms with van der Waals surface area (Å²) >= 11 is 0. The molecule has 1 aliphatic carbocycles. The second-order valence-electron chi connectivity index (χ2n) is 5.38. The van der Waals surface area contributed by atoms with Crippen LogP contribution in [0.4, 0.5) is 0 Å². The molecule has 0 saturated heterocycles. The average molecular weight is 236 g/mol. The van der Waals surface area contributed by atoms with Crippen molar-refractivity contribution >= 4 is 5.91 Å². The Morgan fingerprint density at radius 3 is 2.88 bits per heavy atom. The lowest BCUT2D eigenvalue weighted by atomic mass is 9.87. The Hall–Kier alpha value is -1.29. The number of carbonyl (C=O) groups is 1. The predicted molar refractivity (Wildman–Crippen MR) is 65.5 cm³/mol. The molecule has 94 valence electrons. The summed E-state index contributed by atoms with van der Waals surface area (Å²) in [4.78, 5) is 12.0. The molecule has 1 aromatic heterocycles. The lowest BCUT2D eigenvalue weighted by Gasteiger charge is -2.27. The van der Waals surface area contributed by atoms with Crippen molar-refractivity contribution in [3.05, 3.63) is 23.7 Å². The van der Waals surface area contributed by atoms with Gasteiger partial charge < -0.3 is 15.5 Å². The quantitative estimate of drug-likeness (QED) is 0.844. The Bertz CT molecular complexity index is 409. The van der Waals surface area contributed by atoms with Gasteiger partial charge in [-0.25, -0.2) is 0 Å². The van der Waals surface area contributed by atoms with E-state index >= 15 is 0 Å². The summed E-state index contributed by atoms with van der Waals surface area (Å²) in [5.41, 5.74) is 5.62. The Morgan fingerprint density at radius 1 is 1.59 bits per heavy atom. The SMILES string of the molecule is CC1(C)CCCC1NC(=O)c1ccc(CN)o1. The second kappa shape index (κ2) is 4.53. The molecule has 1 amide bonds. The third-order valence-electron chi connectivity index (χ3n) is 3.65. The van der Waals surface area contributed by atoms with Crippen molar-refractivity contribution in [3.63, 3.8) is 0 Å². The first-order valence-corrected chi connectivity index (χ1v) is 6.12. The van der Waals surface area contributed by atoms with Gasteiger partial charge in [0.1, 0.15) is 5.76 Å². The third-order valence-corrected chi connectivity index (χ3v) is 3.65. The van der Waals surface area contributed by atoms with Crippen LogP contribution in [0.25, 0.3) is 0 Å². The van der Waals surface area contributed by atoms with Crippen LogP contribution in [0.5, 0.6) is 0 Å². The van der Waals surface area contributed by atoms with Crippen LogP contribution in [0, 0.1) is 5.41 Å². The molecule has 1 heterocycles. The van der Waals surface area contributed by atoms with Crippen molar-refractivity contribution in [2.24, 2.45) is 11.1 Å². The first-order valence-electron chi connectivity index (χ1n) is 6.12. The summed E-state index contributed by atoms with van der Waals surface area (Å²) in [6.45, 7) is 4.71. The Morgan fingerprint density at radius 2 is 2.35 bits per heavy atom. The van der Waals surface area contributed by atoms with Crippen LogP contribution < -0.4 is 11.1 Å². The van der Waals surface area contributed by atoms with Crippen LogP contribution in [0.3, 0.4) is 0 Å². The summed E-state index contributed by atoms with van der Waals surface area (Å²) in [6, 6.07) is 3.66. The summed E-state index contributed by atoms with van der Waals surface area (Å²) in [7, 11) is 0. The van der Waals surface area contributed by atoms with E-state index in [1.54, 1.807) is 12.1 Å². The fourth-order valence-electron chi connectivity index (χ4n) is 2.43. The van der Waals surface area contributed by atoms with Gasteiger partial charge in [0.2, 0.25) is 0 Å². The summed E-state index contributed by atoms with van der Waals surface area (Å²) < 4.78 is 5.34. The summed E-state index contributed by atoms with van der Waals surface area (Å²) in [5.74, 6) is 0.860. The van der Waals surface area contributed by atoms with E-state index in [1.165, 1.54) is 6.42 Å². The Balaban J connectivity index is 2.02. The minimum atomic E-state index is -0.135. The van der Waals surface area contributed by atoms with Crippen LogP contribution in [-0.4, -0.2) is 11.9 Å². The van der Waals surface area contributed by atoms with Gasteiger partial charge in [-0.1, -0.05) is 20.3 Å². The van der Waals surface area contributed by atoms with Gasteiger partial charge in [0.05, 0.1) is 6.54 Å². The average Bonchev–Trinajstić information content (AvgIpc) is 2.86. The zero-order chi connectivity index (χ0) is 12.5. The van der Waals surface area contributed by atoms with Crippen LogP contribution in [0.15, 0.2) is 16.5 Å². The van der Waals surface area contributed by atoms with Crippen molar-refractivity contribution in [2.75, 3.05) is 0 Å². The molecule has 0 aliphatic heterocycles. The first-order chi connectivity index (χ1) is 8.03. The largest absolute Gasteiger partial charge is 0.455 e. The van der Waals surface area contributed by atoms with Gasteiger partial charge in [0.15, 0.2) is 5.76 Å². The van der Waals surface area contributed by atoms with E-state index in [9.17, 15) is 4.79 Å². The number of furan rings is 1. The number of hydrogen-bond donors (Lipinski definition) is 2. The highest BCUT2D eigenvalue weighted by molar-refractivity contribution is 5.91. The van der Waals surface area contributed by atoms with Crippen LogP contribution in [0.2, 0.25) is 0 Å². The Labute approximate surface area is 102 Å². The van der Waals surface area contributed by atoms with Gasteiger partial charge in [0, 0.05) is 6.04 Å². The molecule has 2 rings (SSSR count). The molecule has 1 unspecified atom stereocenters. The lowest BCUT2D eigenvalue weighted by Crippen LogP contribution is -2.41. The molecule has 0 bridgehead atoms. The molecular weight excluding hydrogens is 216 g/mol. The molecule has 1 saturated carbocycles. The smallest absolute Gasteiger partial charge is 0.287 e. The number of amides is 1. The van der Waals surface area contributed by atoms with Gasteiger partial charge >= 0.3 is 0 Å². The number of nitrogens with two attached hydrogens (primary N) is 1. The molecule has 17 heavy (non-hydrogen) atoms. The highest BCUT2D eigenvalue weighted by Gasteiger charge is 2.35. The highest BCUT2D eigenvalue weighted by atomic mass is 16.4. The van der Waals surface area contributed by atoms with Crippen molar-refractivity contribution in [1.82, 2.24) is 5.32 Å². The minimum absolute atomic E-state index is 0.135. The molecule has 3 N–H and O–H groups in total. The molecule has 4 nitrogen and oxygen atoms in total. The molecule has 1 aromatic rings. The number of hydrogen-bond acceptors (Lipinski definition) is 3. The van der Waals surface area contributed by atoms with E-state index < -0.39 is 0 Å². The van der Waals surface area contributed by atoms with Gasteiger partial charge in [0.25, 0.3) is 5.91 Å². The zero-order valence-corrected chi connectivity index (χ0v) is 10.5. The highest BCUT2D eigenvalue weighted by Crippen LogP contribution is 2.37. The van der Waals surface area contributed by atoms with Gasteiger partial charge in [-0.15, -0.1) is 0 Å². The Kier molecular flexibility index (Phi) is 3.24. The third kappa shape index (κ3) is 2.52. The first kappa shape index (κ1) is 12.2. The van der Waals surface area contributed by atoms with E-state index in [1.807, 2.05) is 0 Å². The fraction of sp³-hybridized carbons (Fsp3) is 0.615. The maximum atomic E-state index is 12.0. The van der Waals surface area contributed by atoms with Crippen molar-refractivity contribution in [2.45, 2.75) is 45.7 Å². The number of carbonyl (C=O) groups excluding carboxylic acids is 1. The lowest BCUT2D eigenvalue weighted by molar-refractivity contribution is 0.0880. The molecule has 0 radical (unpaired) electrons. The van der Waals surface area contributed by atoms with E-state index in [4.69, 9.17) is 10.2 Å². The molecule has 0 aromatic carbocycles.